The molecule has 27 heavy (non-hydrogen) atoms. The number of amides is 2. The second-order valence-electron chi connectivity index (χ2n) is 5.60. The smallest absolute Gasteiger partial charge is 0.235 e. The molecule has 3 N–H and O–H groups in total. The number of carbonyl (C=O) groups excluding carboxylic acids is 2. The van der Waals surface area contributed by atoms with Crippen molar-refractivity contribution < 1.29 is 14.1 Å². The van der Waals surface area contributed by atoms with Crippen molar-refractivity contribution in [2.45, 2.75) is 6.92 Å². The highest BCUT2D eigenvalue weighted by atomic mass is 32.2. The Labute approximate surface area is 164 Å². The van der Waals surface area contributed by atoms with E-state index < -0.39 is 0 Å². The van der Waals surface area contributed by atoms with Crippen LogP contribution in [-0.4, -0.2) is 38.0 Å². The average molecular weight is 403 g/mol. The Hall–Kier alpha value is -2.85. The van der Waals surface area contributed by atoms with Crippen molar-refractivity contribution in [3.63, 3.8) is 0 Å². The van der Waals surface area contributed by atoms with E-state index in [-0.39, 0.29) is 23.3 Å². The number of hydrogen-bond acceptors (Lipinski definition) is 6. The van der Waals surface area contributed by atoms with Crippen molar-refractivity contribution in [1.82, 2.24) is 14.7 Å². The number of nitrogens with zero attached hydrogens (tertiary/aromatic N) is 2. The number of anilines is 2. The van der Waals surface area contributed by atoms with Crippen molar-refractivity contribution in [1.29, 1.82) is 0 Å². The standard InChI is InChI=1S/C17H17N5O3S2/c1-11-7-14(21-25-11)20-16(24)10-27-9-15(23)19-12-3-2-4-13(8-12)22-6-5-18-17(22)26/h2-8H,9-10H2,1H3,(H,18,26)(H,19,23)(H,20,21,24). The molecule has 3 aromatic rings. The lowest BCUT2D eigenvalue weighted by molar-refractivity contribution is -0.114. The molecule has 0 unspecified atom stereocenters. The summed E-state index contributed by atoms with van der Waals surface area (Å²) in [5.74, 6) is 0.824. The van der Waals surface area contributed by atoms with E-state index in [9.17, 15) is 9.59 Å². The third-order valence-electron chi connectivity index (χ3n) is 3.42. The molecule has 0 aliphatic heterocycles. The van der Waals surface area contributed by atoms with Crippen LogP contribution in [0, 0.1) is 11.7 Å². The fraction of sp³-hybridized carbons (Fsp3) is 0.176. The van der Waals surface area contributed by atoms with Gasteiger partial charge in [-0.15, -0.1) is 11.8 Å². The molecule has 0 saturated heterocycles. The molecular weight excluding hydrogens is 386 g/mol. The first kappa shape index (κ1) is 18.9. The molecule has 0 spiro atoms. The molecule has 0 atom stereocenters. The summed E-state index contributed by atoms with van der Waals surface area (Å²) in [5.41, 5.74) is 1.50. The normalized spacial score (nSPS) is 10.6. The first-order valence-corrected chi connectivity index (χ1v) is 9.55. The molecular formula is C17H17N5O3S2. The van der Waals surface area contributed by atoms with Crippen molar-refractivity contribution in [2.24, 2.45) is 0 Å². The number of carbonyl (C=O) groups is 2. The van der Waals surface area contributed by atoms with Gasteiger partial charge in [-0.25, -0.2) is 0 Å². The lowest BCUT2D eigenvalue weighted by Crippen LogP contribution is -2.18. The van der Waals surface area contributed by atoms with Gasteiger partial charge in [0.1, 0.15) is 5.76 Å². The van der Waals surface area contributed by atoms with E-state index in [2.05, 4.69) is 20.8 Å². The van der Waals surface area contributed by atoms with Crippen LogP contribution in [0.15, 0.2) is 47.2 Å². The molecule has 1 aromatic carbocycles. The van der Waals surface area contributed by atoms with Crippen LogP contribution in [0.25, 0.3) is 5.69 Å². The summed E-state index contributed by atoms with van der Waals surface area (Å²) in [6, 6.07) is 8.97. The maximum atomic E-state index is 12.1. The second-order valence-corrected chi connectivity index (χ2v) is 6.97. The summed E-state index contributed by atoms with van der Waals surface area (Å²) in [6.07, 6.45) is 3.56. The Kier molecular flexibility index (Phi) is 6.09. The van der Waals surface area contributed by atoms with Crippen molar-refractivity contribution in [3.05, 3.63) is 53.3 Å². The van der Waals surface area contributed by atoms with E-state index in [1.54, 1.807) is 29.8 Å². The van der Waals surface area contributed by atoms with Gasteiger partial charge in [-0.05, 0) is 37.3 Å². The number of rotatable bonds is 7. The van der Waals surface area contributed by atoms with E-state index in [1.807, 2.05) is 24.4 Å². The molecule has 8 nitrogen and oxygen atoms in total. The summed E-state index contributed by atoms with van der Waals surface area (Å²) >= 11 is 6.41. The minimum atomic E-state index is -0.245. The lowest BCUT2D eigenvalue weighted by atomic mass is 10.2. The van der Waals surface area contributed by atoms with Gasteiger partial charge in [0.2, 0.25) is 11.8 Å². The average Bonchev–Trinajstić information content (AvgIpc) is 3.23. The highest BCUT2D eigenvalue weighted by Gasteiger charge is 2.09. The number of H-pyrrole nitrogens is 1. The minimum absolute atomic E-state index is 0.137. The molecule has 10 heteroatoms. The largest absolute Gasteiger partial charge is 0.360 e. The lowest BCUT2D eigenvalue weighted by Gasteiger charge is -2.08. The number of aromatic amines is 1. The number of aryl methyl sites for hydroxylation is 1. The van der Waals surface area contributed by atoms with Crippen LogP contribution in [0.5, 0.6) is 0 Å². The summed E-state index contributed by atoms with van der Waals surface area (Å²) in [4.78, 5) is 26.8. The number of thioether (sulfide) groups is 1. The zero-order valence-corrected chi connectivity index (χ0v) is 16.0. The fourth-order valence-corrected chi connectivity index (χ4v) is 3.15. The van der Waals surface area contributed by atoms with Crippen LogP contribution >= 0.6 is 24.0 Å². The monoisotopic (exact) mass is 403 g/mol. The Morgan fingerprint density at radius 3 is 2.70 bits per heavy atom. The van der Waals surface area contributed by atoms with E-state index in [0.717, 1.165) is 5.69 Å². The van der Waals surface area contributed by atoms with Crippen LogP contribution in [0.3, 0.4) is 0 Å². The van der Waals surface area contributed by atoms with E-state index in [4.69, 9.17) is 16.7 Å². The summed E-state index contributed by atoms with van der Waals surface area (Å²) < 4.78 is 7.25. The summed E-state index contributed by atoms with van der Waals surface area (Å²) in [7, 11) is 0. The molecule has 2 heterocycles. The maximum absolute atomic E-state index is 12.1. The van der Waals surface area contributed by atoms with Crippen molar-refractivity contribution >= 4 is 47.3 Å². The van der Waals surface area contributed by atoms with Crippen molar-refractivity contribution in [2.75, 3.05) is 22.1 Å². The van der Waals surface area contributed by atoms with Crippen LogP contribution < -0.4 is 10.6 Å². The van der Waals surface area contributed by atoms with Gasteiger partial charge in [0, 0.05) is 29.8 Å². The fourth-order valence-electron chi connectivity index (χ4n) is 2.29. The van der Waals surface area contributed by atoms with Gasteiger partial charge in [-0.3, -0.25) is 14.2 Å². The third kappa shape index (κ3) is 5.31. The van der Waals surface area contributed by atoms with Crippen LogP contribution in [-0.2, 0) is 9.59 Å². The molecule has 2 amide bonds. The number of aromatic nitrogens is 3. The van der Waals surface area contributed by atoms with Crippen LogP contribution in [0.4, 0.5) is 11.5 Å². The number of benzene rings is 1. The number of nitrogens with one attached hydrogen (secondary N) is 3. The van der Waals surface area contributed by atoms with Crippen LogP contribution in [0.2, 0.25) is 0 Å². The molecule has 0 radical (unpaired) electrons. The second kappa shape index (κ2) is 8.69. The minimum Gasteiger partial charge on any atom is -0.360 e. The maximum Gasteiger partial charge on any atom is 0.235 e. The first-order valence-electron chi connectivity index (χ1n) is 7.98. The SMILES string of the molecule is Cc1cc(NC(=O)CSCC(=O)Nc2cccc(-n3cc[nH]c3=S)c2)no1. The first-order chi connectivity index (χ1) is 13.0. The van der Waals surface area contributed by atoms with E-state index in [1.165, 1.54) is 11.8 Å². The Balaban J connectivity index is 1.47. The zero-order chi connectivity index (χ0) is 19.2. The third-order valence-corrected chi connectivity index (χ3v) is 4.67. The van der Waals surface area contributed by atoms with Crippen LogP contribution in [0.1, 0.15) is 5.76 Å². The predicted molar refractivity (Wildman–Crippen MR) is 107 cm³/mol. The molecule has 0 bridgehead atoms. The van der Waals surface area contributed by atoms with Gasteiger partial charge in [-0.1, -0.05) is 11.2 Å². The number of imidazole rings is 1. The van der Waals surface area contributed by atoms with E-state index in [0.29, 0.717) is 22.0 Å². The zero-order valence-electron chi connectivity index (χ0n) is 14.4. The number of hydrogen-bond donors (Lipinski definition) is 3. The van der Waals surface area contributed by atoms with Gasteiger partial charge in [0.25, 0.3) is 0 Å². The highest BCUT2D eigenvalue weighted by molar-refractivity contribution is 8.00. The molecule has 3 rings (SSSR count). The molecule has 2 aromatic heterocycles. The van der Waals surface area contributed by atoms with Crippen molar-refractivity contribution in [3.8, 4) is 5.69 Å². The Bertz CT molecular complexity index is 1010. The highest BCUT2D eigenvalue weighted by Crippen LogP contribution is 2.16. The summed E-state index contributed by atoms with van der Waals surface area (Å²) in [5, 5.41) is 9.10. The van der Waals surface area contributed by atoms with Gasteiger partial charge in [-0.2, -0.15) is 0 Å². The molecule has 140 valence electrons. The Morgan fingerprint density at radius 2 is 2.04 bits per heavy atom. The summed E-state index contributed by atoms with van der Waals surface area (Å²) in [6.45, 7) is 1.74. The topological polar surface area (TPSA) is 105 Å². The van der Waals surface area contributed by atoms with Gasteiger partial charge >= 0.3 is 0 Å². The quantitative estimate of drug-likeness (QED) is 0.524. The van der Waals surface area contributed by atoms with Gasteiger partial charge in [0.05, 0.1) is 11.5 Å². The van der Waals surface area contributed by atoms with Gasteiger partial charge in [0.15, 0.2) is 10.6 Å². The predicted octanol–water partition coefficient (Wildman–Crippen LogP) is 3.14. The van der Waals surface area contributed by atoms with E-state index >= 15 is 0 Å². The molecule has 0 aliphatic carbocycles. The molecule has 0 fully saturated rings. The molecule has 0 saturated carbocycles. The Morgan fingerprint density at radius 1 is 1.26 bits per heavy atom. The molecule has 0 aliphatic rings. The van der Waals surface area contributed by atoms with Gasteiger partial charge < -0.3 is 20.1 Å².